The van der Waals surface area contributed by atoms with Crippen LogP contribution in [-0.4, -0.2) is 15.3 Å². The van der Waals surface area contributed by atoms with Crippen LogP contribution in [0.1, 0.15) is 21.6 Å². The molecule has 1 aromatic rings. The first-order valence-corrected chi connectivity index (χ1v) is 7.20. The number of rotatable bonds is 4. The van der Waals surface area contributed by atoms with Gasteiger partial charge in [-0.3, -0.25) is 4.79 Å². The zero-order chi connectivity index (χ0) is 16.4. The second kappa shape index (κ2) is 7.24. The highest BCUT2D eigenvalue weighted by atomic mass is 35.5. The van der Waals surface area contributed by atoms with Gasteiger partial charge in [0.1, 0.15) is 11.6 Å². The molecule has 0 aromatic heterocycles. The number of nitrogens with zero attached hydrogens (tertiary/aromatic N) is 3. The van der Waals surface area contributed by atoms with Crippen LogP contribution in [0.4, 0.5) is 4.39 Å². The van der Waals surface area contributed by atoms with Crippen LogP contribution in [0, 0.1) is 24.1 Å². The van der Waals surface area contributed by atoms with Gasteiger partial charge >= 0.3 is 0 Å². The highest BCUT2D eigenvalue weighted by Gasteiger charge is 2.19. The lowest BCUT2D eigenvalue weighted by atomic mass is 10.1. The molecule has 1 aromatic carbocycles. The van der Waals surface area contributed by atoms with E-state index in [2.05, 4.69) is 11.1 Å². The fraction of sp³-hybridized carbons (Fsp3) is 0.167. The second-order valence-electron chi connectivity index (χ2n) is 5.31. The zero-order valence-electron chi connectivity index (χ0n) is 13.0. The third-order valence-corrected chi connectivity index (χ3v) is 3.81. The van der Waals surface area contributed by atoms with Crippen molar-refractivity contribution >= 4 is 18.2 Å². The number of hydrogen-bond donors (Lipinski definition) is 0. The Morgan fingerprint density at radius 3 is 2.67 bits per heavy atom. The van der Waals surface area contributed by atoms with Gasteiger partial charge in [-0.2, -0.15) is 5.26 Å². The lowest BCUT2D eigenvalue weighted by molar-refractivity contribution is 0.0972. The molecule has 0 saturated carbocycles. The van der Waals surface area contributed by atoms with Gasteiger partial charge in [0, 0.05) is 23.0 Å². The summed E-state index contributed by atoms with van der Waals surface area (Å²) < 4.78 is 14.7. The number of carbonyl (C=O) groups is 1. The molecule has 0 fully saturated rings. The Labute approximate surface area is 145 Å². The van der Waals surface area contributed by atoms with Crippen molar-refractivity contribution in [1.82, 2.24) is 9.55 Å². The van der Waals surface area contributed by atoms with Crippen molar-refractivity contribution in [2.24, 2.45) is 0 Å². The van der Waals surface area contributed by atoms with Gasteiger partial charge in [-0.15, -0.1) is 12.4 Å². The number of benzene rings is 1. The van der Waals surface area contributed by atoms with Gasteiger partial charge in [0.15, 0.2) is 5.78 Å². The van der Waals surface area contributed by atoms with Gasteiger partial charge in [-0.1, -0.05) is 0 Å². The van der Waals surface area contributed by atoms with Gasteiger partial charge in [-0.05, 0) is 48.9 Å². The summed E-state index contributed by atoms with van der Waals surface area (Å²) in [7, 11) is 0. The predicted octanol–water partition coefficient (Wildman–Crippen LogP) is 3.81. The molecule has 0 atom stereocenters. The Morgan fingerprint density at radius 1 is 1.29 bits per heavy atom. The van der Waals surface area contributed by atoms with Crippen LogP contribution in [0.15, 0.2) is 42.6 Å². The van der Waals surface area contributed by atoms with Crippen molar-refractivity contribution in [2.45, 2.75) is 19.9 Å². The van der Waals surface area contributed by atoms with Gasteiger partial charge < -0.3 is 4.57 Å². The minimum atomic E-state index is -0.370. The molecule has 2 aliphatic rings. The molecular weight excluding hydrogens is 329 g/mol. The van der Waals surface area contributed by atoms with E-state index in [0.29, 0.717) is 11.4 Å². The van der Waals surface area contributed by atoms with Crippen LogP contribution in [0.3, 0.4) is 0 Å². The average Bonchev–Trinajstić information content (AvgIpc) is 2.86. The summed E-state index contributed by atoms with van der Waals surface area (Å²) in [5.41, 5.74) is 3.04. The fourth-order valence-electron chi connectivity index (χ4n) is 2.64. The molecule has 0 bridgehead atoms. The van der Waals surface area contributed by atoms with Crippen molar-refractivity contribution in [1.29, 1.82) is 5.26 Å². The molecule has 0 aliphatic carbocycles. The Morgan fingerprint density at radius 2 is 2.00 bits per heavy atom. The summed E-state index contributed by atoms with van der Waals surface area (Å²) in [5, 5.41) is 8.94. The molecule has 2 heterocycles. The number of ketones is 1. The molecular formula is C18H15ClFN3O. The van der Waals surface area contributed by atoms with E-state index < -0.39 is 0 Å². The molecule has 0 radical (unpaired) electrons. The molecule has 0 unspecified atom stereocenters. The van der Waals surface area contributed by atoms with Crippen molar-refractivity contribution in [3.63, 3.8) is 0 Å². The molecule has 4 nitrogen and oxygen atoms in total. The summed E-state index contributed by atoms with van der Waals surface area (Å²) in [5.74, 6) is 0.196. The summed E-state index contributed by atoms with van der Waals surface area (Å²) in [6.07, 6.45) is 2.07. The highest BCUT2D eigenvalue weighted by Crippen LogP contribution is 2.28. The lowest BCUT2D eigenvalue weighted by Gasteiger charge is -2.11. The number of hydrogen-bond acceptors (Lipinski definition) is 3. The van der Waals surface area contributed by atoms with Crippen LogP contribution >= 0.6 is 12.4 Å². The first kappa shape index (κ1) is 17.6. The van der Waals surface area contributed by atoms with Crippen LogP contribution in [0.5, 0.6) is 0 Å². The Hall–Kier alpha value is -2.71. The quantitative estimate of drug-likeness (QED) is 0.677. The van der Waals surface area contributed by atoms with Crippen molar-refractivity contribution in [3.05, 3.63) is 65.2 Å². The molecule has 0 N–H and O–H groups in total. The maximum atomic E-state index is 13.0. The van der Waals surface area contributed by atoms with E-state index in [1.54, 1.807) is 10.8 Å². The van der Waals surface area contributed by atoms with Crippen LogP contribution < -0.4 is 0 Å². The smallest absolute Gasteiger partial charge is 0.182 e. The summed E-state index contributed by atoms with van der Waals surface area (Å²) >= 11 is 0. The fourth-order valence-corrected chi connectivity index (χ4v) is 2.64. The van der Waals surface area contributed by atoms with E-state index in [4.69, 9.17) is 5.26 Å². The van der Waals surface area contributed by atoms with Crippen LogP contribution in [0.25, 0.3) is 11.4 Å². The molecule has 0 spiro atoms. The van der Waals surface area contributed by atoms with Crippen molar-refractivity contribution < 1.29 is 9.18 Å². The van der Waals surface area contributed by atoms with Crippen molar-refractivity contribution in [3.8, 4) is 17.5 Å². The van der Waals surface area contributed by atoms with Gasteiger partial charge in [0.25, 0.3) is 0 Å². The van der Waals surface area contributed by atoms with Gasteiger partial charge in [-0.25, -0.2) is 9.37 Å². The number of nitriles is 1. The van der Waals surface area contributed by atoms with E-state index in [1.807, 2.05) is 19.1 Å². The van der Waals surface area contributed by atoms with Crippen LogP contribution in [0.2, 0.25) is 0 Å². The molecule has 3 rings (SSSR count). The third kappa shape index (κ3) is 3.29. The maximum absolute atomic E-state index is 13.0. The number of Topliss-reactive ketones (excluding diaryl/α,β-unsaturated/α-hetero) is 1. The van der Waals surface area contributed by atoms with Gasteiger partial charge in [0.05, 0.1) is 19.0 Å². The number of aryl methyl sites for hydroxylation is 1. The topological polar surface area (TPSA) is 58.7 Å². The monoisotopic (exact) mass is 343 g/mol. The SMILES string of the molecule is Cc1nc2n(CC(=O)c3ccc(F)cc3)cccc-2c1CC#N.Cl. The number of carbonyl (C=O) groups excluding carboxylic acids is 1. The van der Waals surface area contributed by atoms with Crippen molar-refractivity contribution in [2.75, 3.05) is 0 Å². The molecule has 2 aliphatic heterocycles. The molecule has 122 valence electrons. The van der Waals surface area contributed by atoms with E-state index in [9.17, 15) is 9.18 Å². The first-order valence-electron chi connectivity index (χ1n) is 7.20. The van der Waals surface area contributed by atoms with E-state index in [0.717, 1.165) is 16.8 Å². The largest absolute Gasteiger partial charge is 0.325 e. The average molecular weight is 344 g/mol. The Balaban J connectivity index is 0.00000208. The minimum absolute atomic E-state index is 0. The van der Waals surface area contributed by atoms with Crippen LogP contribution in [-0.2, 0) is 13.0 Å². The standard InChI is InChI=1S/C18H14FN3O.ClH/c1-12-15(8-9-20)16-3-2-10-22(18(16)21-12)11-17(23)13-4-6-14(19)7-5-13;/h2-7,10H,8,11H2,1H3;1H. The van der Waals surface area contributed by atoms with E-state index in [-0.39, 0.29) is 37.0 Å². The minimum Gasteiger partial charge on any atom is -0.325 e. The Bertz CT molecular complexity index is 880. The number of pyridine rings is 1. The Kier molecular flexibility index (Phi) is 5.32. The van der Waals surface area contributed by atoms with E-state index in [1.165, 1.54) is 24.3 Å². The summed E-state index contributed by atoms with van der Waals surface area (Å²) in [6.45, 7) is 1.98. The third-order valence-electron chi connectivity index (χ3n) is 3.81. The number of fused-ring (bicyclic) bond motifs is 1. The zero-order valence-corrected chi connectivity index (χ0v) is 13.8. The highest BCUT2D eigenvalue weighted by molar-refractivity contribution is 5.96. The normalized spacial score (nSPS) is 10.2. The summed E-state index contributed by atoms with van der Waals surface area (Å²) in [4.78, 5) is 16.9. The number of halogens is 2. The van der Waals surface area contributed by atoms with Gasteiger partial charge in [0.2, 0.25) is 0 Å². The first-order chi connectivity index (χ1) is 11.1. The second-order valence-corrected chi connectivity index (χ2v) is 5.31. The molecule has 0 amide bonds. The molecule has 24 heavy (non-hydrogen) atoms. The molecule has 0 saturated heterocycles. The predicted molar refractivity (Wildman–Crippen MR) is 90.9 cm³/mol. The number of aromatic nitrogens is 2. The molecule has 6 heteroatoms. The lowest BCUT2D eigenvalue weighted by Crippen LogP contribution is -2.13. The summed E-state index contributed by atoms with van der Waals surface area (Å²) in [6, 6.07) is 11.4. The maximum Gasteiger partial charge on any atom is 0.182 e. The van der Waals surface area contributed by atoms with E-state index >= 15 is 0 Å².